The van der Waals surface area contributed by atoms with Gasteiger partial charge in [-0.25, -0.2) is 9.37 Å². The smallest absolute Gasteiger partial charge is 0.232 e. The number of hydrogen-bond acceptors (Lipinski definition) is 6. The summed E-state index contributed by atoms with van der Waals surface area (Å²) in [4.78, 5) is 21.5. The number of morpholine rings is 1. The highest BCUT2D eigenvalue weighted by atomic mass is 32.1. The fourth-order valence-corrected chi connectivity index (χ4v) is 4.55. The lowest BCUT2D eigenvalue weighted by molar-refractivity contribution is -0.119. The van der Waals surface area contributed by atoms with Crippen molar-refractivity contribution in [1.82, 2.24) is 9.88 Å². The van der Waals surface area contributed by atoms with Gasteiger partial charge in [-0.05, 0) is 30.7 Å². The number of hydrogen-bond donors (Lipinski definition) is 0. The van der Waals surface area contributed by atoms with E-state index in [2.05, 4.69) is 9.88 Å². The second-order valence-electron chi connectivity index (χ2n) is 7.35. The standard InChI is InChI=1S/C23H26FN3O3S/c24-19-8-4-9-20-22(19)25-23(31-20)27(12-5-11-26-13-16-29-17-14-26)21(28)10-15-30-18-6-2-1-3-7-18/h1-4,6-9H,5,10-17H2. The van der Waals surface area contributed by atoms with Crippen LogP contribution in [0.1, 0.15) is 12.8 Å². The van der Waals surface area contributed by atoms with Crippen molar-refractivity contribution in [3.05, 3.63) is 54.3 Å². The lowest BCUT2D eigenvalue weighted by Crippen LogP contribution is -2.39. The maximum atomic E-state index is 14.2. The summed E-state index contributed by atoms with van der Waals surface area (Å²) in [5.41, 5.74) is 0.314. The molecule has 0 radical (unpaired) electrons. The number of fused-ring (bicyclic) bond motifs is 1. The molecule has 0 unspecified atom stereocenters. The Kier molecular flexibility index (Phi) is 7.45. The van der Waals surface area contributed by atoms with Gasteiger partial charge in [0.25, 0.3) is 0 Å². The number of anilines is 1. The van der Waals surface area contributed by atoms with Crippen LogP contribution in [0.15, 0.2) is 48.5 Å². The predicted octanol–water partition coefficient (Wildman–Crippen LogP) is 3.96. The Labute approximate surface area is 185 Å². The van der Waals surface area contributed by atoms with Gasteiger partial charge in [0.2, 0.25) is 5.91 Å². The van der Waals surface area contributed by atoms with Gasteiger partial charge in [-0.3, -0.25) is 14.6 Å². The predicted molar refractivity (Wildman–Crippen MR) is 120 cm³/mol. The zero-order chi connectivity index (χ0) is 21.5. The molecule has 1 aliphatic heterocycles. The van der Waals surface area contributed by atoms with E-state index in [0.717, 1.165) is 49.7 Å². The third-order valence-electron chi connectivity index (χ3n) is 5.18. The monoisotopic (exact) mass is 443 g/mol. The zero-order valence-corrected chi connectivity index (χ0v) is 18.2. The number of carbonyl (C=O) groups excluding carboxylic acids is 1. The summed E-state index contributed by atoms with van der Waals surface area (Å²) in [6, 6.07) is 14.3. The molecule has 6 nitrogen and oxygen atoms in total. The Morgan fingerprint density at radius 1 is 1.16 bits per heavy atom. The third kappa shape index (κ3) is 5.78. The number of halogens is 1. The molecule has 0 aliphatic carbocycles. The number of carbonyl (C=O) groups is 1. The van der Waals surface area contributed by atoms with Gasteiger partial charge in [0.1, 0.15) is 17.1 Å². The van der Waals surface area contributed by atoms with Crippen LogP contribution in [0.3, 0.4) is 0 Å². The summed E-state index contributed by atoms with van der Waals surface area (Å²) in [5.74, 6) is 0.293. The second-order valence-corrected chi connectivity index (χ2v) is 8.36. The molecule has 0 atom stereocenters. The van der Waals surface area contributed by atoms with Crippen molar-refractivity contribution in [3.8, 4) is 5.75 Å². The van der Waals surface area contributed by atoms with Gasteiger partial charge >= 0.3 is 0 Å². The lowest BCUT2D eigenvalue weighted by atomic mass is 10.3. The molecule has 1 amide bonds. The molecular weight excluding hydrogens is 417 g/mol. The second kappa shape index (κ2) is 10.7. The topological polar surface area (TPSA) is 54.9 Å². The maximum absolute atomic E-state index is 14.2. The summed E-state index contributed by atoms with van der Waals surface area (Å²) in [6.07, 6.45) is 1.04. The molecule has 2 heterocycles. The summed E-state index contributed by atoms with van der Waals surface area (Å²) < 4.78 is 26.0. The number of para-hydroxylation sites is 2. The molecule has 3 aromatic rings. The Morgan fingerprint density at radius 2 is 1.97 bits per heavy atom. The van der Waals surface area contributed by atoms with E-state index in [1.54, 1.807) is 11.0 Å². The first-order valence-electron chi connectivity index (χ1n) is 10.5. The van der Waals surface area contributed by atoms with Crippen LogP contribution in [0.2, 0.25) is 0 Å². The molecule has 0 N–H and O–H groups in total. The summed E-state index contributed by atoms with van der Waals surface area (Å²) in [7, 11) is 0. The molecule has 1 saturated heterocycles. The number of rotatable bonds is 9. The first-order chi connectivity index (χ1) is 15.2. The van der Waals surface area contributed by atoms with Crippen molar-refractivity contribution in [2.24, 2.45) is 0 Å². The van der Waals surface area contributed by atoms with E-state index >= 15 is 0 Å². The van der Waals surface area contributed by atoms with Crippen LogP contribution < -0.4 is 9.64 Å². The third-order valence-corrected chi connectivity index (χ3v) is 6.22. The lowest BCUT2D eigenvalue weighted by Gasteiger charge is -2.27. The van der Waals surface area contributed by atoms with Crippen LogP contribution >= 0.6 is 11.3 Å². The van der Waals surface area contributed by atoms with Crippen LogP contribution in [0.4, 0.5) is 9.52 Å². The first-order valence-corrected chi connectivity index (χ1v) is 11.4. The molecule has 2 aromatic carbocycles. The summed E-state index contributed by atoms with van der Waals surface area (Å²) >= 11 is 1.34. The zero-order valence-electron chi connectivity index (χ0n) is 17.3. The highest BCUT2D eigenvalue weighted by Gasteiger charge is 2.21. The van der Waals surface area contributed by atoms with Crippen molar-refractivity contribution < 1.29 is 18.7 Å². The van der Waals surface area contributed by atoms with Crippen molar-refractivity contribution in [3.63, 3.8) is 0 Å². The number of thiazole rings is 1. The van der Waals surface area contributed by atoms with Crippen LogP contribution in [-0.2, 0) is 9.53 Å². The van der Waals surface area contributed by atoms with Crippen LogP contribution in [-0.4, -0.2) is 61.8 Å². The van der Waals surface area contributed by atoms with Gasteiger partial charge in [0, 0.05) is 26.2 Å². The van der Waals surface area contributed by atoms with E-state index in [9.17, 15) is 9.18 Å². The van der Waals surface area contributed by atoms with E-state index in [1.165, 1.54) is 17.4 Å². The van der Waals surface area contributed by atoms with Crippen molar-refractivity contribution >= 4 is 32.6 Å². The van der Waals surface area contributed by atoms with Crippen LogP contribution in [0.25, 0.3) is 10.2 Å². The SMILES string of the molecule is O=C(CCOc1ccccc1)N(CCCN1CCOCC1)c1nc2c(F)cccc2s1. The minimum absolute atomic E-state index is 0.0719. The minimum Gasteiger partial charge on any atom is -0.493 e. The molecule has 1 aromatic heterocycles. The van der Waals surface area contributed by atoms with Gasteiger partial charge in [-0.15, -0.1) is 0 Å². The normalized spacial score (nSPS) is 14.6. The Morgan fingerprint density at radius 3 is 2.74 bits per heavy atom. The fourth-order valence-electron chi connectivity index (χ4n) is 3.53. The van der Waals surface area contributed by atoms with Crippen LogP contribution in [0.5, 0.6) is 5.75 Å². The van der Waals surface area contributed by atoms with Crippen molar-refractivity contribution in [2.45, 2.75) is 12.8 Å². The summed E-state index contributed by atoms with van der Waals surface area (Å²) in [6.45, 7) is 5.00. The maximum Gasteiger partial charge on any atom is 0.232 e. The van der Waals surface area contributed by atoms with Gasteiger partial charge in [0.15, 0.2) is 5.13 Å². The van der Waals surface area contributed by atoms with E-state index < -0.39 is 0 Å². The quantitative estimate of drug-likeness (QED) is 0.501. The van der Waals surface area contributed by atoms with Gasteiger partial charge < -0.3 is 9.47 Å². The van der Waals surface area contributed by atoms with E-state index in [-0.39, 0.29) is 24.8 Å². The highest BCUT2D eigenvalue weighted by Crippen LogP contribution is 2.30. The van der Waals surface area contributed by atoms with E-state index in [0.29, 0.717) is 17.2 Å². The minimum atomic E-state index is -0.367. The number of amides is 1. The Hall–Kier alpha value is -2.55. The Bertz CT molecular complexity index is 992. The molecule has 1 aliphatic rings. The molecule has 31 heavy (non-hydrogen) atoms. The van der Waals surface area contributed by atoms with Gasteiger partial charge in [0.05, 0.1) is 30.9 Å². The van der Waals surface area contributed by atoms with Gasteiger partial charge in [-0.1, -0.05) is 35.6 Å². The van der Waals surface area contributed by atoms with Crippen molar-refractivity contribution in [2.75, 3.05) is 50.9 Å². The molecule has 0 saturated carbocycles. The molecule has 1 fully saturated rings. The number of ether oxygens (including phenoxy) is 2. The first kappa shape index (κ1) is 21.7. The molecule has 4 rings (SSSR count). The molecule has 0 spiro atoms. The molecule has 0 bridgehead atoms. The fraction of sp³-hybridized carbons (Fsp3) is 0.391. The highest BCUT2D eigenvalue weighted by molar-refractivity contribution is 7.22. The molecular formula is C23H26FN3O3S. The number of benzene rings is 2. The largest absolute Gasteiger partial charge is 0.493 e. The average Bonchev–Trinajstić information content (AvgIpc) is 3.23. The molecule has 8 heteroatoms. The van der Waals surface area contributed by atoms with Gasteiger partial charge in [-0.2, -0.15) is 0 Å². The summed E-state index contributed by atoms with van der Waals surface area (Å²) in [5, 5.41) is 0.534. The van der Waals surface area contributed by atoms with E-state index in [4.69, 9.17) is 9.47 Å². The van der Waals surface area contributed by atoms with E-state index in [1.807, 2.05) is 36.4 Å². The van der Waals surface area contributed by atoms with Crippen molar-refractivity contribution in [1.29, 1.82) is 0 Å². The molecule has 164 valence electrons. The van der Waals surface area contributed by atoms with Crippen LogP contribution in [0, 0.1) is 5.82 Å². The average molecular weight is 444 g/mol. The number of nitrogens with zero attached hydrogens (tertiary/aromatic N) is 3. The number of aromatic nitrogens is 1. The Balaban J connectivity index is 1.42.